The van der Waals surface area contributed by atoms with E-state index in [1.54, 1.807) is 0 Å². The average molecular weight is 326 g/mol. The quantitative estimate of drug-likeness (QED) is 0.797. The Kier molecular flexibility index (Phi) is 3.93. The number of aromatic amines is 1. The lowest BCUT2D eigenvalue weighted by Crippen LogP contribution is -2.33. The highest BCUT2D eigenvalue weighted by Crippen LogP contribution is 2.27. The van der Waals surface area contributed by atoms with E-state index in [1.165, 1.54) is 18.5 Å². The molecule has 0 amide bonds. The van der Waals surface area contributed by atoms with Crippen molar-refractivity contribution in [3.8, 4) is 11.3 Å². The molecule has 24 heavy (non-hydrogen) atoms. The fourth-order valence-electron chi connectivity index (χ4n) is 3.43. The number of aromatic nitrogens is 5. The molecule has 1 fully saturated rings. The minimum absolute atomic E-state index is 0.518. The van der Waals surface area contributed by atoms with Gasteiger partial charge in [-0.2, -0.15) is 10.2 Å². The Hall–Kier alpha value is -2.41. The van der Waals surface area contributed by atoms with Crippen molar-refractivity contribution in [1.29, 1.82) is 0 Å². The summed E-state index contributed by atoms with van der Waals surface area (Å²) in [6.45, 7) is 4.93. The largest absolute Gasteiger partial charge is 0.359 e. The number of nitrogens with zero attached hydrogens (tertiary/aromatic N) is 5. The summed E-state index contributed by atoms with van der Waals surface area (Å²) in [6, 6.07) is 4.11. The molecular formula is C17H22N6O. The molecule has 4 rings (SSSR count). The molecule has 3 aromatic heterocycles. The minimum Gasteiger partial charge on any atom is -0.359 e. The highest BCUT2D eigenvalue weighted by Gasteiger charge is 2.23. The van der Waals surface area contributed by atoms with E-state index in [1.807, 2.05) is 37.1 Å². The normalized spacial score (nSPS) is 19.0. The maximum Gasteiger partial charge on any atom is 0.151 e. The van der Waals surface area contributed by atoms with Gasteiger partial charge in [0.25, 0.3) is 0 Å². The smallest absolute Gasteiger partial charge is 0.151 e. The Morgan fingerprint density at radius 3 is 3.08 bits per heavy atom. The molecule has 1 aliphatic rings. The maximum absolute atomic E-state index is 5.56. The van der Waals surface area contributed by atoms with Crippen LogP contribution in [0.4, 0.5) is 0 Å². The van der Waals surface area contributed by atoms with Crippen molar-refractivity contribution in [2.75, 3.05) is 13.1 Å². The summed E-state index contributed by atoms with van der Waals surface area (Å²) >= 11 is 0. The van der Waals surface area contributed by atoms with E-state index in [0.29, 0.717) is 5.92 Å². The lowest BCUT2D eigenvalue weighted by Gasteiger charge is -2.31. The van der Waals surface area contributed by atoms with Gasteiger partial charge < -0.3 is 4.52 Å². The SMILES string of the molecule is Cc1c(-c2cc(CN3CCC[C@@H](c4ccn[nH]4)C3)on2)cnn1C. The van der Waals surface area contributed by atoms with Crippen LogP contribution in [0.25, 0.3) is 11.3 Å². The second-order valence-electron chi connectivity index (χ2n) is 6.53. The molecule has 1 saturated heterocycles. The highest BCUT2D eigenvalue weighted by atomic mass is 16.5. The van der Waals surface area contributed by atoms with Crippen LogP contribution in [0.15, 0.2) is 29.0 Å². The first kappa shape index (κ1) is 15.1. The number of likely N-dealkylation sites (tertiary alicyclic amines) is 1. The molecule has 7 nitrogen and oxygen atoms in total. The molecule has 0 saturated carbocycles. The Morgan fingerprint density at radius 1 is 1.42 bits per heavy atom. The molecule has 1 N–H and O–H groups in total. The fourth-order valence-corrected chi connectivity index (χ4v) is 3.43. The van der Waals surface area contributed by atoms with Crippen LogP contribution >= 0.6 is 0 Å². The number of hydrogen-bond donors (Lipinski definition) is 1. The van der Waals surface area contributed by atoms with Crippen LogP contribution < -0.4 is 0 Å². The predicted molar refractivity (Wildman–Crippen MR) is 89.3 cm³/mol. The Balaban J connectivity index is 1.45. The van der Waals surface area contributed by atoms with Crippen molar-refractivity contribution < 1.29 is 4.52 Å². The molecule has 7 heteroatoms. The number of rotatable bonds is 4. The highest BCUT2D eigenvalue weighted by molar-refractivity contribution is 5.60. The number of piperidine rings is 1. The summed E-state index contributed by atoms with van der Waals surface area (Å²) < 4.78 is 7.41. The lowest BCUT2D eigenvalue weighted by molar-refractivity contribution is 0.179. The van der Waals surface area contributed by atoms with Crippen LogP contribution in [0.1, 0.15) is 35.9 Å². The minimum atomic E-state index is 0.518. The third kappa shape index (κ3) is 2.87. The van der Waals surface area contributed by atoms with Crippen molar-refractivity contribution in [3.63, 3.8) is 0 Å². The molecule has 1 atom stereocenters. The van der Waals surface area contributed by atoms with Gasteiger partial charge in [0, 0.05) is 48.7 Å². The topological polar surface area (TPSA) is 75.8 Å². The molecule has 0 bridgehead atoms. The molecular weight excluding hydrogens is 304 g/mol. The second-order valence-corrected chi connectivity index (χ2v) is 6.53. The Bertz CT molecular complexity index is 803. The molecule has 0 aromatic carbocycles. The van der Waals surface area contributed by atoms with E-state index < -0.39 is 0 Å². The maximum atomic E-state index is 5.56. The van der Waals surface area contributed by atoms with Gasteiger partial charge in [0.05, 0.1) is 12.7 Å². The van der Waals surface area contributed by atoms with Crippen molar-refractivity contribution in [2.45, 2.75) is 32.2 Å². The van der Waals surface area contributed by atoms with Gasteiger partial charge in [-0.15, -0.1) is 0 Å². The van der Waals surface area contributed by atoms with Gasteiger partial charge in [0.1, 0.15) is 5.69 Å². The molecule has 3 aromatic rings. The number of aryl methyl sites for hydroxylation is 1. The van der Waals surface area contributed by atoms with E-state index >= 15 is 0 Å². The fraction of sp³-hybridized carbons (Fsp3) is 0.471. The van der Waals surface area contributed by atoms with Gasteiger partial charge >= 0.3 is 0 Å². The molecule has 1 aliphatic heterocycles. The Labute approximate surface area is 140 Å². The zero-order valence-corrected chi connectivity index (χ0v) is 14.1. The summed E-state index contributed by atoms with van der Waals surface area (Å²) in [6.07, 6.45) is 6.06. The molecule has 0 radical (unpaired) electrons. The van der Waals surface area contributed by atoms with Gasteiger partial charge in [-0.3, -0.25) is 14.7 Å². The number of hydrogen-bond acceptors (Lipinski definition) is 5. The standard InChI is InChI=1S/C17H22N6O/c1-12-15(9-19-22(12)2)17-8-14(24-21-17)11-23-7-3-4-13(10-23)16-5-6-18-20-16/h5-6,8-9,13H,3-4,7,10-11H2,1-2H3,(H,18,20)/t13-/m1/s1. The molecule has 126 valence electrons. The lowest BCUT2D eigenvalue weighted by atomic mass is 9.95. The Morgan fingerprint density at radius 2 is 2.33 bits per heavy atom. The van der Waals surface area contributed by atoms with Crippen molar-refractivity contribution in [3.05, 3.63) is 41.7 Å². The third-order valence-corrected chi connectivity index (χ3v) is 4.92. The molecule has 0 spiro atoms. The molecule has 0 aliphatic carbocycles. The summed E-state index contributed by atoms with van der Waals surface area (Å²) in [7, 11) is 1.93. The first-order valence-corrected chi connectivity index (χ1v) is 8.37. The zero-order chi connectivity index (χ0) is 16.5. The van der Waals surface area contributed by atoms with Crippen LogP contribution in [-0.4, -0.2) is 43.1 Å². The van der Waals surface area contributed by atoms with Crippen molar-refractivity contribution in [2.24, 2.45) is 7.05 Å². The van der Waals surface area contributed by atoms with E-state index in [9.17, 15) is 0 Å². The summed E-state index contributed by atoms with van der Waals surface area (Å²) in [5.41, 5.74) is 4.20. The second kappa shape index (κ2) is 6.24. The number of nitrogens with one attached hydrogen (secondary N) is 1. The molecule has 4 heterocycles. The van der Waals surface area contributed by atoms with Gasteiger partial charge in [-0.25, -0.2) is 0 Å². The van der Waals surface area contributed by atoms with E-state index in [2.05, 4.69) is 31.4 Å². The van der Waals surface area contributed by atoms with Gasteiger partial charge in [-0.05, 0) is 32.4 Å². The van der Waals surface area contributed by atoms with Crippen LogP contribution in [-0.2, 0) is 13.6 Å². The first-order chi connectivity index (χ1) is 11.7. The van der Waals surface area contributed by atoms with Gasteiger partial charge in [0.2, 0.25) is 0 Å². The zero-order valence-electron chi connectivity index (χ0n) is 14.1. The first-order valence-electron chi connectivity index (χ1n) is 8.37. The van der Waals surface area contributed by atoms with E-state index in [0.717, 1.165) is 42.3 Å². The molecule has 0 unspecified atom stereocenters. The van der Waals surface area contributed by atoms with E-state index in [-0.39, 0.29) is 0 Å². The summed E-state index contributed by atoms with van der Waals surface area (Å²) in [5.74, 6) is 1.42. The predicted octanol–water partition coefficient (Wildman–Crippen LogP) is 2.49. The van der Waals surface area contributed by atoms with Gasteiger partial charge in [0.15, 0.2) is 5.76 Å². The van der Waals surface area contributed by atoms with E-state index in [4.69, 9.17) is 4.52 Å². The average Bonchev–Trinajstić information content (AvgIpc) is 3.31. The monoisotopic (exact) mass is 326 g/mol. The number of H-pyrrole nitrogens is 1. The third-order valence-electron chi connectivity index (χ3n) is 4.92. The van der Waals surface area contributed by atoms with Crippen LogP contribution in [0.5, 0.6) is 0 Å². The van der Waals surface area contributed by atoms with Crippen LogP contribution in [0.2, 0.25) is 0 Å². The van der Waals surface area contributed by atoms with Crippen LogP contribution in [0.3, 0.4) is 0 Å². The summed E-state index contributed by atoms with van der Waals surface area (Å²) in [5, 5.41) is 15.7. The van der Waals surface area contributed by atoms with Crippen molar-refractivity contribution >= 4 is 0 Å². The van der Waals surface area contributed by atoms with Crippen LogP contribution in [0, 0.1) is 6.92 Å². The van der Waals surface area contributed by atoms with Gasteiger partial charge in [-0.1, -0.05) is 5.16 Å². The van der Waals surface area contributed by atoms with Crippen molar-refractivity contribution in [1.82, 2.24) is 30.0 Å². The summed E-state index contributed by atoms with van der Waals surface area (Å²) in [4.78, 5) is 2.43.